The molecule has 4 N–H and O–H groups in total. The average molecular weight is 417 g/mol. The van der Waals surface area contributed by atoms with Crippen LogP contribution >= 0.6 is 0 Å². The van der Waals surface area contributed by atoms with Crippen molar-refractivity contribution in [1.82, 2.24) is 9.80 Å². The summed E-state index contributed by atoms with van der Waals surface area (Å²) in [6.07, 6.45) is 4.57. The van der Waals surface area contributed by atoms with E-state index in [1.807, 2.05) is 25.7 Å². The van der Waals surface area contributed by atoms with Crippen LogP contribution < -0.4 is 16.7 Å². The Labute approximate surface area is 177 Å². The molecule has 1 aliphatic heterocycles. The van der Waals surface area contributed by atoms with E-state index in [1.54, 1.807) is 29.2 Å². The molecule has 0 radical (unpaired) electrons. The zero-order valence-corrected chi connectivity index (χ0v) is 18.0. The summed E-state index contributed by atoms with van der Waals surface area (Å²) in [6, 6.07) is 7.49. The largest absolute Gasteiger partial charge is 0.444 e. The molecule has 0 unspecified atom stereocenters. The van der Waals surface area contributed by atoms with Crippen molar-refractivity contribution in [1.29, 1.82) is 0 Å². The summed E-state index contributed by atoms with van der Waals surface area (Å²) in [4.78, 5) is 29.3. The highest BCUT2D eigenvalue weighted by Gasteiger charge is 2.39. The van der Waals surface area contributed by atoms with Gasteiger partial charge in [0.1, 0.15) is 11.9 Å². The number of hydrogen-bond acceptors (Lipinski definition) is 6. The Morgan fingerprint density at radius 1 is 1.10 bits per heavy atom. The van der Waals surface area contributed by atoms with Crippen LogP contribution in [0.2, 0.25) is 0 Å². The van der Waals surface area contributed by atoms with E-state index in [9.17, 15) is 9.59 Å². The normalized spacial score (nSPS) is 17.8. The van der Waals surface area contributed by atoms with Crippen LogP contribution in [0.25, 0.3) is 0 Å². The maximum atomic E-state index is 13.3. The van der Waals surface area contributed by atoms with Crippen LogP contribution in [-0.2, 0) is 4.74 Å². The van der Waals surface area contributed by atoms with Crippen molar-refractivity contribution in [3.05, 3.63) is 29.8 Å². The second kappa shape index (κ2) is 8.91. The molecule has 2 aliphatic rings. The molecular formula is C21H32N6O3. The van der Waals surface area contributed by atoms with E-state index in [0.29, 0.717) is 24.3 Å². The fourth-order valence-electron chi connectivity index (χ4n) is 3.70. The van der Waals surface area contributed by atoms with Gasteiger partial charge in [-0.3, -0.25) is 9.80 Å². The number of ether oxygens (including phenoxy) is 1. The van der Waals surface area contributed by atoms with Crippen LogP contribution in [0.3, 0.4) is 0 Å². The molecule has 30 heavy (non-hydrogen) atoms. The number of nitrogens with zero attached hydrogens (tertiary/aromatic N) is 4. The van der Waals surface area contributed by atoms with E-state index in [2.05, 4.69) is 5.10 Å². The Bertz CT molecular complexity index is 777. The highest BCUT2D eigenvalue weighted by Crippen LogP contribution is 2.33. The fraction of sp³-hybridized carbons (Fsp3) is 0.571. The number of piperidine rings is 1. The van der Waals surface area contributed by atoms with E-state index in [0.717, 1.165) is 25.7 Å². The van der Waals surface area contributed by atoms with Gasteiger partial charge in [0, 0.05) is 30.7 Å². The maximum absolute atomic E-state index is 13.3. The molecule has 164 valence electrons. The van der Waals surface area contributed by atoms with Crippen LogP contribution in [0, 0.1) is 0 Å². The lowest BCUT2D eigenvalue weighted by Crippen LogP contribution is -2.50. The van der Waals surface area contributed by atoms with Crippen molar-refractivity contribution in [3.8, 4) is 0 Å². The van der Waals surface area contributed by atoms with E-state index in [4.69, 9.17) is 16.4 Å². The Hall–Kier alpha value is -2.81. The number of benzene rings is 1. The van der Waals surface area contributed by atoms with Crippen molar-refractivity contribution < 1.29 is 14.3 Å². The van der Waals surface area contributed by atoms with E-state index in [1.165, 1.54) is 11.3 Å². The highest BCUT2D eigenvalue weighted by atomic mass is 16.6. The first-order valence-corrected chi connectivity index (χ1v) is 10.4. The van der Waals surface area contributed by atoms with Gasteiger partial charge in [-0.15, -0.1) is 0 Å². The molecular weight excluding hydrogens is 384 g/mol. The van der Waals surface area contributed by atoms with Gasteiger partial charge in [-0.05, 0) is 70.7 Å². The van der Waals surface area contributed by atoms with E-state index < -0.39 is 5.60 Å². The number of carbonyl (C=O) groups is 2. The van der Waals surface area contributed by atoms with Crippen LogP contribution in [-0.4, -0.2) is 58.9 Å². The van der Waals surface area contributed by atoms with Crippen LogP contribution in [0.1, 0.15) is 56.8 Å². The zero-order chi connectivity index (χ0) is 21.9. The quantitative estimate of drug-likeness (QED) is 0.329. The maximum Gasteiger partial charge on any atom is 0.410 e. The molecule has 0 aromatic heterocycles. The highest BCUT2D eigenvalue weighted by molar-refractivity contribution is 5.95. The lowest BCUT2D eigenvalue weighted by molar-refractivity contribution is 0.0142. The van der Waals surface area contributed by atoms with Gasteiger partial charge in [0.2, 0.25) is 0 Å². The Morgan fingerprint density at radius 3 is 2.17 bits per heavy atom. The minimum absolute atomic E-state index is 0.0239. The zero-order valence-electron chi connectivity index (χ0n) is 18.0. The molecule has 1 saturated carbocycles. The first-order valence-electron chi connectivity index (χ1n) is 10.4. The van der Waals surface area contributed by atoms with Gasteiger partial charge in [0.15, 0.2) is 0 Å². The number of nitrogens with two attached hydrogens (primary N) is 2. The number of hydrazine groups is 1. The molecule has 1 heterocycles. The molecule has 0 atom stereocenters. The van der Waals surface area contributed by atoms with Crippen LogP contribution in [0.15, 0.2) is 29.4 Å². The molecule has 1 saturated heterocycles. The number of rotatable bonds is 5. The predicted molar refractivity (Wildman–Crippen MR) is 116 cm³/mol. The number of hydrogen-bond donors (Lipinski definition) is 2. The summed E-state index contributed by atoms with van der Waals surface area (Å²) in [5.74, 6) is 11.0. The molecule has 0 spiro atoms. The first-order chi connectivity index (χ1) is 14.2. The lowest BCUT2D eigenvalue weighted by atomic mass is 10.0. The first kappa shape index (κ1) is 21.9. The summed E-state index contributed by atoms with van der Waals surface area (Å²) < 4.78 is 5.47. The topological polar surface area (TPSA) is 117 Å². The summed E-state index contributed by atoms with van der Waals surface area (Å²) >= 11 is 0. The van der Waals surface area contributed by atoms with Gasteiger partial charge in [-0.2, -0.15) is 5.10 Å². The summed E-state index contributed by atoms with van der Waals surface area (Å²) in [7, 11) is 0. The third kappa shape index (κ3) is 5.41. The summed E-state index contributed by atoms with van der Waals surface area (Å²) in [6.45, 7) is 6.78. The standard InChI is InChI=1S/C21H32N6O3/c1-21(2,3)30-20(29)25-12-10-18(11-13-25)27(17-8-9-17)19(28)15-4-6-16(7-5-15)26(23)14-24-22/h4-7,14,17-18H,8-13,22-23H2,1-3H3. The van der Waals surface area contributed by atoms with Gasteiger partial charge >= 0.3 is 6.09 Å². The van der Waals surface area contributed by atoms with Gasteiger partial charge in [-0.1, -0.05) is 0 Å². The molecule has 1 aromatic rings. The smallest absolute Gasteiger partial charge is 0.410 e. The van der Waals surface area contributed by atoms with Crippen molar-refractivity contribution >= 4 is 24.0 Å². The third-order valence-corrected chi connectivity index (χ3v) is 5.29. The number of anilines is 1. The van der Waals surface area contributed by atoms with Crippen molar-refractivity contribution in [3.63, 3.8) is 0 Å². The van der Waals surface area contributed by atoms with Crippen molar-refractivity contribution in [2.75, 3.05) is 18.1 Å². The summed E-state index contributed by atoms with van der Waals surface area (Å²) in [5.41, 5.74) is 0.799. The minimum Gasteiger partial charge on any atom is -0.444 e. The molecule has 9 nitrogen and oxygen atoms in total. The molecule has 1 aromatic carbocycles. The van der Waals surface area contributed by atoms with Crippen molar-refractivity contribution in [2.45, 2.75) is 64.1 Å². The lowest BCUT2D eigenvalue weighted by Gasteiger charge is -2.39. The number of likely N-dealkylation sites (tertiary alicyclic amines) is 1. The van der Waals surface area contributed by atoms with Crippen molar-refractivity contribution in [2.24, 2.45) is 16.8 Å². The second-order valence-electron chi connectivity index (χ2n) is 8.86. The Balaban J connectivity index is 1.64. The predicted octanol–water partition coefficient (Wildman–Crippen LogP) is 2.27. The van der Waals surface area contributed by atoms with Gasteiger partial charge in [0.25, 0.3) is 5.91 Å². The van der Waals surface area contributed by atoms with E-state index >= 15 is 0 Å². The minimum atomic E-state index is -0.509. The fourth-order valence-corrected chi connectivity index (χ4v) is 3.70. The van der Waals surface area contributed by atoms with Crippen LogP contribution in [0.4, 0.5) is 10.5 Å². The Morgan fingerprint density at radius 2 is 1.67 bits per heavy atom. The summed E-state index contributed by atoms with van der Waals surface area (Å²) in [5, 5.41) is 4.68. The SMILES string of the molecule is CC(C)(C)OC(=O)N1CCC(N(C(=O)c2ccc(N(N)C=NN)cc2)C2CC2)CC1. The Kier molecular flexibility index (Phi) is 6.50. The molecule has 3 rings (SSSR count). The average Bonchev–Trinajstić information content (AvgIpc) is 3.52. The number of carbonyl (C=O) groups excluding carboxylic acids is 2. The van der Waals surface area contributed by atoms with Gasteiger partial charge in [-0.25, -0.2) is 10.6 Å². The second-order valence-corrected chi connectivity index (χ2v) is 8.86. The van der Waals surface area contributed by atoms with Crippen LogP contribution in [0.5, 0.6) is 0 Å². The molecule has 9 heteroatoms. The van der Waals surface area contributed by atoms with Gasteiger partial charge in [0.05, 0.1) is 5.69 Å². The van der Waals surface area contributed by atoms with E-state index in [-0.39, 0.29) is 24.1 Å². The molecule has 2 fully saturated rings. The van der Waals surface area contributed by atoms with Gasteiger partial charge < -0.3 is 20.4 Å². The number of amides is 2. The molecule has 0 bridgehead atoms. The number of hydrazone groups is 1. The molecule has 1 aliphatic carbocycles. The monoisotopic (exact) mass is 416 g/mol. The molecule has 2 amide bonds. The third-order valence-electron chi connectivity index (χ3n) is 5.29.